The van der Waals surface area contributed by atoms with Gasteiger partial charge >= 0.3 is 0 Å². The van der Waals surface area contributed by atoms with Crippen LogP contribution in [-0.4, -0.2) is 0 Å². The lowest BCUT2D eigenvalue weighted by molar-refractivity contribution is 0.660. The molecule has 0 amide bonds. The number of fused-ring (bicyclic) bond motifs is 8. The van der Waals surface area contributed by atoms with Gasteiger partial charge in [0.15, 0.2) is 0 Å². The summed E-state index contributed by atoms with van der Waals surface area (Å²) in [4.78, 5) is 0. The Hall–Kier alpha value is -5.72. The van der Waals surface area contributed by atoms with E-state index < -0.39 is 0 Å². The Morgan fingerprint density at radius 3 is 1.48 bits per heavy atom. The highest BCUT2D eigenvalue weighted by atomic mass is 14.4. The third-order valence-electron chi connectivity index (χ3n) is 11.9. The van der Waals surface area contributed by atoms with E-state index >= 15 is 0 Å². The molecule has 0 heteroatoms. The normalized spacial score (nSPS) is 14.7. The Bertz CT molecular complexity index is 2690. The highest BCUT2D eigenvalue weighted by Crippen LogP contribution is 2.53. The molecule has 2 aliphatic carbocycles. The molecule has 0 fully saturated rings. The predicted octanol–water partition coefficient (Wildman–Crippen LogP) is 13.6. The van der Waals surface area contributed by atoms with Crippen LogP contribution in [0.4, 0.5) is 0 Å². The van der Waals surface area contributed by atoms with Crippen LogP contribution in [0.2, 0.25) is 0 Å². The minimum absolute atomic E-state index is 0.0278. The predicted molar refractivity (Wildman–Crippen MR) is 213 cm³/mol. The molecule has 50 heavy (non-hydrogen) atoms. The van der Waals surface area contributed by atoms with Gasteiger partial charge in [0, 0.05) is 10.8 Å². The number of rotatable bonds is 3. The summed E-state index contributed by atoms with van der Waals surface area (Å²) in [5, 5.41) is 5.14. The molecule has 0 saturated heterocycles. The quantitative estimate of drug-likeness (QED) is 0.169. The molecule has 0 saturated carbocycles. The lowest BCUT2D eigenvalue weighted by Gasteiger charge is -2.23. The topological polar surface area (TPSA) is 0 Å². The SMILES string of the molecule is CC1(C)c2ccccc2-c2cc(-c3c4ccccc4c(-c4ccccc4)c4ccc(-c5ccc6c(c5)C(C)(C)c5ccccc5-6)cc34)ccc21. The summed E-state index contributed by atoms with van der Waals surface area (Å²) in [5.74, 6) is 0. The van der Waals surface area contributed by atoms with Crippen molar-refractivity contribution >= 4 is 21.5 Å². The molecule has 0 N–H and O–H groups in total. The van der Waals surface area contributed by atoms with Crippen molar-refractivity contribution in [1.82, 2.24) is 0 Å². The van der Waals surface area contributed by atoms with E-state index in [0.717, 1.165) is 0 Å². The van der Waals surface area contributed by atoms with Crippen LogP contribution in [0.5, 0.6) is 0 Å². The van der Waals surface area contributed by atoms with E-state index in [9.17, 15) is 0 Å². The number of hydrogen-bond acceptors (Lipinski definition) is 0. The van der Waals surface area contributed by atoms with Gasteiger partial charge in [0.25, 0.3) is 0 Å². The average Bonchev–Trinajstić information content (AvgIpc) is 3.53. The van der Waals surface area contributed by atoms with Crippen LogP contribution >= 0.6 is 0 Å². The van der Waals surface area contributed by atoms with Crippen molar-refractivity contribution in [3.63, 3.8) is 0 Å². The molecule has 0 spiro atoms. The summed E-state index contributed by atoms with van der Waals surface area (Å²) in [6, 6.07) is 59.3. The summed E-state index contributed by atoms with van der Waals surface area (Å²) < 4.78 is 0. The van der Waals surface area contributed by atoms with E-state index in [4.69, 9.17) is 0 Å². The van der Waals surface area contributed by atoms with Gasteiger partial charge in [-0.15, -0.1) is 0 Å². The zero-order chi connectivity index (χ0) is 33.8. The summed E-state index contributed by atoms with van der Waals surface area (Å²) in [6.45, 7) is 9.45. The smallest absolute Gasteiger partial charge is 0.0159 e. The van der Waals surface area contributed by atoms with Gasteiger partial charge in [-0.1, -0.05) is 167 Å². The minimum atomic E-state index is -0.0465. The van der Waals surface area contributed by atoms with Gasteiger partial charge in [0.1, 0.15) is 0 Å². The molecule has 8 aromatic rings. The molecule has 0 atom stereocenters. The molecule has 2 aliphatic rings. The van der Waals surface area contributed by atoms with Gasteiger partial charge in [-0.3, -0.25) is 0 Å². The second-order valence-corrected chi connectivity index (χ2v) is 15.3. The van der Waals surface area contributed by atoms with E-state index in [2.05, 4.69) is 185 Å². The minimum Gasteiger partial charge on any atom is -0.0622 e. The molecule has 0 radical (unpaired) electrons. The van der Waals surface area contributed by atoms with Crippen molar-refractivity contribution in [2.24, 2.45) is 0 Å². The first-order valence-corrected chi connectivity index (χ1v) is 17.9. The first kappa shape index (κ1) is 29.2. The zero-order valence-corrected chi connectivity index (χ0v) is 29.0. The van der Waals surface area contributed by atoms with Gasteiger partial charge in [0.2, 0.25) is 0 Å². The molecule has 0 unspecified atom stereocenters. The van der Waals surface area contributed by atoms with Crippen LogP contribution in [0.25, 0.3) is 77.2 Å². The molecule has 0 nitrogen and oxygen atoms in total. The van der Waals surface area contributed by atoms with Crippen molar-refractivity contribution < 1.29 is 0 Å². The summed E-state index contributed by atoms with van der Waals surface area (Å²) in [5.41, 5.74) is 18.6. The Kier molecular flexibility index (Phi) is 6.07. The first-order chi connectivity index (χ1) is 24.3. The standard InChI is InChI=1S/C50H38/c1-49(2)44-21-13-11-17-36(44)41-29-34(24-27-45(41)49)48-39-19-9-8-18-38(39)47(31-14-6-5-7-15-31)40-26-23-32(28-42(40)48)33-22-25-37-35-16-10-12-20-43(35)50(3,4)46(37)30-33/h5-30H,1-4H3. The summed E-state index contributed by atoms with van der Waals surface area (Å²) >= 11 is 0. The van der Waals surface area contributed by atoms with E-state index in [-0.39, 0.29) is 10.8 Å². The molecular weight excluding hydrogens is 601 g/mol. The van der Waals surface area contributed by atoms with Crippen molar-refractivity contribution in [3.8, 4) is 55.6 Å². The Labute approximate surface area is 294 Å². The van der Waals surface area contributed by atoms with E-state index in [1.165, 1.54) is 99.4 Å². The maximum absolute atomic E-state index is 2.47. The van der Waals surface area contributed by atoms with Gasteiger partial charge < -0.3 is 0 Å². The van der Waals surface area contributed by atoms with Gasteiger partial charge in [-0.2, -0.15) is 0 Å². The Balaban J connectivity index is 1.26. The van der Waals surface area contributed by atoms with Crippen LogP contribution in [0.15, 0.2) is 158 Å². The largest absolute Gasteiger partial charge is 0.0622 e. The first-order valence-electron chi connectivity index (χ1n) is 17.9. The zero-order valence-electron chi connectivity index (χ0n) is 29.0. The lowest BCUT2D eigenvalue weighted by atomic mass is 9.80. The molecule has 238 valence electrons. The number of benzene rings is 8. The fourth-order valence-corrected chi connectivity index (χ4v) is 9.34. The van der Waals surface area contributed by atoms with E-state index in [0.29, 0.717) is 0 Å². The fraction of sp³-hybridized carbons (Fsp3) is 0.120. The fourth-order valence-electron chi connectivity index (χ4n) is 9.34. The Morgan fingerprint density at radius 2 is 0.760 bits per heavy atom. The van der Waals surface area contributed by atoms with Crippen molar-refractivity contribution in [2.75, 3.05) is 0 Å². The van der Waals surface area contributed by atoms with Gasteiger partial charge in [-0.25, -0.2) is 0 Å². The average molecular weight is 639 g/mol. The summed E-state index contributed by atoms with van der Waals surface area (Å²) in [7, 11) is 0. The van der Waals surface area contributed by atoms with Crippen LogP contribution < -0.4 is 0 Å². The monoisotopic (exact) mass is 638 g/mol. The molecule has 0 aromatic heterocycles. The molecule has 0 bridgehead atoms. The van der Waals surface area contributed by atoms with E-state index in [1.54, 1.807) is 0 Å². The molecule has 0 heterocycles. The molecule has 8 aromatic carbocycles. The highest BCUT2D eigenvalue weighted by molar-refractivity contribution is 6.22. The molecule has 0 aliphatic heterocycles. The van der Waals surface area contributed by atoms with Crippen molar-refractivity contribution in [3.05, 3.63) is 180 Å². The third kappa shape index (κ3) is 4.00. The molecule has 10 rings (SSSR count). The van der Waals surface area contributed by atoms with Crippen molar-refractivity contribution in [2.45, 2.75) is 38.5 Å². The van der Waals surface area contributed by atoms with Crippen LogP contribution in [0.3, 0.4) is 0 Å². The van der Waals surface area contributed by atoms with E-state index in [1.807, 2.05) is 0 Å². The third-order valence-corrected chi connectivity index (χ3v) is 11.9. The van der Waals surface area contributed by atoms with Crippen LogP contribution in [-0.2, 0) is 10.8 Å². The van der Waals surface area contributed by atoms with Crippen LogP contribution in [0.1, 0.15) is 49.9 Å². The Morgan fingerprint density at radius 1 is 0.280 bits per heavy atom. The second kappa shape index (κ2) is 10.4. The van der Waals surface area contributed by atoms with Crippen LogP contribution in [0, 0.1) is 0 Å². The van der Waals surface area contributed by atoms with Gasteiger partial charge in [0.05, 0.1) is 0 Å². The highest BCUT2D eigenvalue weighted by Gasteiger charge is 2.36. The summed E-state index contributed by atoms with van der Waals surface area (Å²) in [6.07, 6.45) is 0. The second-order valence-electron chi connectivity index (χ2n) is 15.3. The molecular formula is C50H38. The van der Waals surface area contributed by atoms with Crippen molar-refractivity contribution in [1.29, 1.82) is 0 Å². The maximum atomic E-state index is 2.47. The maximum Gasteiger partial charge on any atom is 0.0159 e. The number of hydrogen-bond donors (Lipinski definition) is 0. The van der Waals surface area contributed by atoms with Gasteiger partial charge in [-0.05, 0) is 118 Å². The lowest BCUT2D eigenvalue weighted by Crippen LogP contribution is -2.14.